The van der Waals surface area contributed by atoms with E-state index >= 15 is 0 Å². The van der Waals surface area contributed by atoms with Gasteiger partial charge in [-0.15, -0.1) is 6.42 Å². The summed E-state index contributed by atoms with van der Waals surface area (Å²) in [6, 6.07) is 9.49. The third-order valence-corrected chi connectivity index (χ3v) is 3.64. The van der Waals surface area contributed by atoms with E-state index < -0.39 is 11.6 Å². The molecule has 5 heteroatoms. The van der Waals surface area contributed by atoms with Crippen molar-refractivity contribution in [2.45, 2.75) is 32.0 Å². The Labute approximate surface area is 130 Å². The molecule has 0 saturated carbocycles. The molecule has 0 radical (unpaired) electrons. The molecule has 0 unspecified atom stereocenters. The first-order chi connectivity index (χ1) is 10.5. The van der Waals surface area contributed by atoms with Gasteiger partial charge in [-0.1, -0.05) is 36.3 Å². The largest absolute Gasteiger partial charge is 0.446 e. The van der Waals surface area contributed by atoms with Crippen molar-refractivity contribution < 1.29 is 19.1 Å². The second kappa shape index (κ2) is 6.99. The van der Waals surface area contributed by atoms with Crippen molar-refractivity contribution in [3.05, 3.63) is 35.9 Å². The fourth-order valence-corrected chi connectivity index (χ4v) is 2.41. The second-order valence-electron chi connectivity index (χ2n) is 5.26. The first kappa shape index (κ1) is 15.9. The van der Waals surface area contributed by atoms with Crippen LogP contribution in [0.2, 0.25) is 0 Å². The third-order valence-electron chi connectivity index (χ3n) is 3.64. The lowest BCUT2D eigenvalue weighted by molar-refractivity contribution is -0.154. The molecule has 0 aromatic heterocycles. The third kappa shape index (κ3) is 4.01. The molecular weight excluding hydrogens is 282 g/mol. The van der Waals surface area contributed by atoms with E-state index in [1.807, 2.05) is 30.3 Å². The molecule has 116 valence electrons. The maximum Gasteiger partial charge on any atom is 0.410 e. The molecule has 0 atom stereocenters. The number of ether oxygens (including phenoxy) is 2. The Morgan fingerprint density at radius 1 is 1.27 bits per heavy atom. The first-order valence-electron chi connectivity index (χ1n) is 7.18. The van der Waals surface area contributed by atoms with Gasteiger partial charge in [-0.05, 0) is 5.56 Å². The molecule has 22 heavy (non-hydrogen) atoms. The number of hydrogen-bond acceptors (Lipinski definition) is 4. The molecular formula is C17H19NO4. The van der Waals surface area contributed by atoms with Gasteiger partial charge in [-0.2, -0.15) is 0 Å². The summed E-state index contributed by atoms with van der Waals surface area (Å²) in [5, 5.41) is 0. The van der Waals surface area contributed by atoms with Crippen molar-refractivity contribution >= 4 is 12.1 Å². The summed E-state index contributed by atoms with van der Waals surface area (Å²) in [5.74, 6) is 2.14. The number of amides is 1. The number of benzene rings is 1. The Hall–Kier alpha value is -2.48. The first-order valence-corrected chi connectivity index (χ1v) is 7.18. The van der Waals surface area contributed by atoms with Gasteiger partial charge in [-0.3, -0.25) is 4.79 Å². The molecule has 2 rings (SSSR count). The Bertz CT molecular complexity index is 568. The lowest BCUT2D eigenvalue weighted by Gasteiger charge is -2.37. The SMILES string of the molecule is C#CC1(OC(C)=O)CCN(C(=O)OCc2ccccc2)CC1. The van der Waals surface area contributed by atoms with Crippen LogP contribution in [0, 0.1) is 12.3 Å². The van der Waals surface area contributed by atoms with Crippen LogP contribution >= 0.6 is 0 Å². The number of terminal acetylenes is 1. The Balaban J connectivity index is 1.84. The summed E-state index contributed by atoms with van der Waals surface area (Å²) >= 11 is 0. The minimum atomic E-state index is -0.901. The molecule has 1 amide bonds. The van der Waals surface area contributed by atoms with Crippen LogP contribution in [0.3, 0.4) is 0 Å². The van der Waals surface area contributed by atoms with Crippen LogP contribution in [0.25, 0.3) is 0 Å². The summed E-state index contributed by atoms with van der Waals surface area (Å²) in [7, 11) is 0. The smallest absolute Gasteiger partial charge is 0.410 e. The van der Waals surface area contributed by atoms with Crippen LogP contribution < -0.4 is 0 Å². The Morgan fingerprint density at radius 2 is 1.91 bits per heavy atom. The summed E-state index contributed by atoms with van der Waals surface area (Å²) in [4.78, 5) is 24.8. The van der Waals surface area contributed by atoms with E-state index in [0.717, 1.165) is 5.56 Å². The van der Waals surface area contributed by atoms with E-state index in [2.05, 4.69) is 5.92 Å². The molecule has 1 aromatic rings. The summed E-state index contributed by atoms with van der Waals surface area (Å²) in [6.45, 7) is 2.39. The van der Waals surface area contributed by atoms with E-state index in [1.165, 1.54) is 6.92 Å². The van der Waals surface area contributed by atoms with Crippen LogP contribution in [-0.2, 0) is 20.9 Å². The number of piperidine rings is 1. The van der Waals surface area contributed by atoms with Gasteiger partial charge in [0.2, 0.25) is 0 Å². The summed E-state index contributed by atoms with van der Waals surface area (Å²) in [5.41, 5.74) is 0.0351. The van der Waals surface area contributed by atoms with Gasteiger partial charge in [0, 0.05) is 32.9 Å². The number of esters is 1. The Morgan fingerprint density at radius 3 is 2.45 bits per heavy atom. The van der Waals surface area contributed by atoms with Gasteiger partial charge >= 0.3 is 12.1 Å². The molecule has 1 aliphatic rings. The lowest BCUT2D eigenvalue weighted by atomic mass is 9.92. The van der Waals surface area contributed by atoms with Crippen LogP contribution in [0.5, 0.6) is 0 Å². The molecule has 0 bridgehead atoms. The van der Waals surface area contributed by atoms with E-state index in [1.54, 1.807) is 4.90 Å². The van der Waals surface area contributed by atoms with Crippen LogP contribution in [0.4, 0.5) is 4.79 Å². The molecule has 0 N–H and O–H groups in total. The zero-order valence-corrected chi connectivity index (χ0v) is 12.6. The van der Waals surface area contributed by atoms with Crippen LogP contribution in [0.15, 0.2) is 30.3 Å². The number of nitrogens with zero attached hydrogens (tertiary/aromatic N) is 1. The zero-order chi connectivity index (χ0) is 16.0. The predicted molar refractivity (Wildman–Crippen MR) is 80.8 cm³/mol. The molecule has 1 saturated heterocycles. The highest BCUT2D eigenvalue weighted by atomic mass is 16.6. The van der Waals surface area contributed by atoms with Crippen molar-refractivity contribution in [3.8, 4) is 12.3 Å². The minimum absolute atomic E-state index is 0.237. The molecule has 5 nitrogen and oxygen atoms in total. The molecule has 1 fully saturated rings. The zero-order valence-electron chi connectivity index (χ0n) is 12.6. The molecule has 1 aromatic carbocycles. The van der Waals surface area contributed by atoms with Crippen molar-refractivity contribution in [2.24, 2.45) is 0 Å². The van der Waals surface area contributed by atoms with Crippen molar-refractivity contribution in [1.29, 1.82) is 0 Å². The number of carbonyl (C=O) groups is 2. The average molecular weight is 301 g/mol. The number of likely N-dealkylation sites (tertiary alicyclic amines) is 1. The van der Waals surface area contributed by atoms with Gasteiger partial charge in [0.25, 0.3) is 0 Å². The van der Waals surface area contributed by atoms with E-state index in [4.69, 9.17) is 15.9 Å². The standard InChI is InChI=1S/C17H19NO4/c1-3-17(22-14(2)19)9-11-18(12-10-17)16(20)21-13-15-7-5-4-6-8-15/h1,4-8H,9-13H2,2H3. The predicted octanol–water partition coefficient (Wildman–Crippen LogP) is 2.35. The highest BCUT2D eigenvalue weighted by Gasteiger charge is 2.37. The molecule has 1 aliphatic heterocycles. The van der Waals surface area contributed by atoms with Crippen molar-refractivity contribution in [2.75, 3.05) is 13.1 Å². The Kier molecular flexibility index (Phi) is 5.05. The fraction of sp³-hybridized carbons (Fsp3) is 0.412. The maximum absolute atomic E-state index is 12.0. The molecule has 0 spiro atoms. The molecule has 0 aliphatic carbocycles. The van der Waals surface area contributed by atoms with Gasteiger partial charge < -0.3 is 14.4 Å². The van der Waals surface area contributed by atoms with Crippen LogP contribution in [-0.4, -0.2) is 35.7 Å². The number of hydrogen-bond donors (Lipinski definition) is 0. The lowest BCUT2D eigenvalue weighted by Crippen LogP contribution is -2.48. The van der Waals surface area contributed by atoms with E-state index in [0.29, 0.717) is 25.9 Å². The molecule has 1 heterocycles. The van der Waals surface area contributed by atoms with Crippen molar-refractivity contribution in [1.82, 2.24) is 4.90 Å². The van der Waals surface area contributed by atoms with Crippen molar-refractivity contribution in [3.63, 3.8) is 0 Å². The monoisotopic (exact) mass is 301 g/mol. The van der Waals surface area contributed by atoms with Gasteiger partial charge in [0.15, 0.2) is 5.60 Å². The summed E-state index contributed by atoms with van der Waals surface area (Å²) in [6.07, 6.45) is 5.94. The van der Waals surface area contributed by atoms with Gasteiger partial charge in [0.1, 0.15) is 6.61 Å². The van der Waals surface area contributed by atoms with Crippen LogP contribution in [0.1, 0.15) is 25.3 Å². The topological polar surface area (TPSA) is 55.8 Å². The average Bonchev–Trinajstić information content (AvgIpc) is 2.53. The second-order valence-corrected chi connectivity index (χ2v) is 5.26. The highest BCUT2D eigenvalue weighted by molar-refractivity contribution is 5.68. The van der Waals surface area contributed by atoms with E-state index in [9.17, 15) is 9.59 Å². The minimum Gasteiger partial charge on any atom is -0.446 e. The quantitative estimate of drug-likeness (QED) is 0.635. The van der Waals surface area contributed by atoms with Gasteiger partial charge in [0.05, 0.1) is 0 Å². The summed E-state index contributed by atoms with van der Waals surface area (Å²) < 4.78 is 10.5. The van der Waals surface area contributed by atoms with Gasteiger partial charge in [-0.25, -0.2) is 4.79 Å². The number of rotatable bonds is 3. The van der Waals surface area contributed by atoms with E-state index in [-0.39, 0.29) is 12.7 Å². The number of carbonyl (C=O) groups excluding carboxylic acids is 2. The highest BCUT2D eigenvalue weighted by Crippen LogP contribution is 2.26. The normalized spacial score (nSPS) is 16.5. The maximum atomic E-state index is 12.0. The fourth-order valence-electron chi connectivity index (χ4n) is 2.41.